The minimum Gasteiger partial charge on any atom is -0.371 e. The molecule has 100 valence electrons. The standard InChI is InChI=1S/C15H23BrN2/c1-11-8-13(4-5-14(11)16)18-7-6-12(9-17)15(2,3)10-18/h4-5,8,12H,6-7,9-10,17H2,1-3H3. The van der Waals surface area contributed by atoms with Crippen LogP contribution in [0.2, 0.25) is 0 Å². The van der Waals surface area contributed by atoms with E-state index in [2.05, 4.69) is 59.8 Å². The largest absolute Gasteiger partial charge is 0.371 e. The number of aryl methyl sites for hydroxylation is 1. The second-order valence-electron chi connectivity index (χ2n) is 6.06. The van der Waals surface area contributed by atoms with Gasteiger partial charge in [-0.05, 0) is 55.0 Å². The molecular weight excluding hydrogens is 288 g/mol. The van der Waals surface area contributed by atoms with Crippen molar-refractivity contribution in [2.24, 2.45) is 17.1 Å². The van der Waals surface area contributed by atoms with Crippen molar-refractivity contribution in [3.63, 3.8) is 0 Å². The molecule has 1 atom stereocenters. The van der Waals surface area contributed by atoms with Crippen LogP contribution in [0.4, 0.5) is 5.69 Å². The zero-order valence-electron chi connectivity index (χ0n) is 11.5. The number of benzene rings is 1. The Balaban J connectivity index is 2.18. The fourth-order valence-corrected chi connectivity index (χ4v) is 3.13. The van der Waals surface area contributed by atoms with E-state index in [1.165, 1.54) is 22.1 Å². The second-order valence-corrected chi connectivity index (χ2v) is 6.92. The number of halogens is 1. The number of anilines is 1. The molecule has 0 bridgehead atoms. The smallest absolute Gasteiger partial charge is 0.0369 e. The lowest BCUT2D eigenvalue weighted by Gasteiger charge is -2.45. The van der Waals surface area contributed by atoms with Crippen LogP contribution in [0.15, 0.2) is 22.7 Å². The van der Waals surface area contributed by atoms with Gasteiger partial charge in [0.25, 0.3) is 0 Å². The van der Waals surface area contributed by atoms with Crippen LogP contribution in [0.25, 0.3) is 0 Å². The van der Waals surface area contributed by atoms with Crippen molar-refractivity contribution < 1.29 is 0 Å². The lowest BCUT2D eigenvalue weighted by Crippen LogP contribution is -2.48. The summed E-state index contributed by atoms with van der Waals surface area (Å²) in [5.74, 6) is 0.644. The van der Waals surface area contributed by atoms with Gasteiger partial charge < -0.3 is 10.6 Å². The van der Waals surface area contributed by atoms with Gasteiger partial charge in [-0.15, -0.1) is 0 Å². The van der Waals surface area contributed by atoms with E-state index in [1.807, 2.05) is 0 Å². The Hall–Kier alpha value is -0.540. The summed E-state index contributed by atoms with van der Waals surface area (Å²) in [4.78, 5) is 2.49. The minimum absolute atomic E-state index is 0.300. The first kappa shape index (κ1) is 13.9. The molecule has 1 aromatic rings. The molecular formula is C15H23BrN2. The molecule has 1 aliphatic heterocycles. The molecule has 3 heteroatoms. The summed E-state index contributed by atoms with van der Waals surface area (Å²) in [5, 5.41) is 0. The van der Waals surface area contributed by atoms with Gasteiger partial charge in [0.05, 0.1) is 0 Å². The minimum atomic E-state index is 0.300. The van der Waals surface area contributed by atoms with E-state index in [-0.39, 0.29) is 0 Å². The molecule has 18 heavy (non-hydrogen) atoms. The van der Waals surface area contributed by atoms with Crippen LogP contribution in [-0.4, -0.2) is 19.6 Å². The Morgan fingerprint density at radius 1 is 1.44 bits per heavy atom. The normalized spacial score (nSPS) is 23.2. The van der Waals surface area contributed by atoms with Gasteiger partial charge in [-0.3, -0.25) is 0 Å². The summed E-state index contributed by atoms with van der Waals surface area (Å²) in [6.07, 6.45) is 1.19. The molecule has 2 rings (SSSR count). The zero-order chi connectivity index (χ0) is 13.3. The van der Waals surface area contributed by atoms with Gasteiger partial charge in [0, 0.05) is 23.2 Å². The Morgan fingerprint density at radius 2 is 2.17 bits per heavy atom. The Morgan fingerprint density at radius 3 is 2.72 bits per heavy atom. The number of nitrogens with zero attached hydrogens (tertiary/aromatic N) is 1. The van der Waals surface area contributed by atoms with E-state index in [0.29, 0.717) is 11.3 Å². The van der Waals surface area contributed by atoms with Crippen LogP contribution in [0, 0.1) is 18.3 Å². The average Bonchev–Trinajstić information content (AvgIpc) is 2.31. The maximum Gasteiger partial charge on any atom is 0.0369 e. The number of nitrogens with two attached hydrogens (primary N) is 1. The number of hydrogen-bond acceptors (Lipinski definition) is 2. The molecule has 0 aromatic heterocycles. The monoisotopic (exact) mass is 310 g/mol. The van der Waals surface area contributed by atoms with E-state index >= 15 is 0 Å². The van der Waals surface area contributed by atoms with E-state index in [4.69, 9.17) is 5.73 Å². The number of piperidine rings is 1. The number of hydrogen-bond donors (Lipinski definition) is 1. The Labute approximate surface area is 119 Å². The van der Waals surface area contributed by atoms with Crippen molar-refractivity contribution in [2.75, 3.05) is 24.5 Å². The zero-order valence-corrected chi connectivity index (χ0v) is 13.1. The first-order valence-corrected chi connectivity index (χ1v) is 7.44. The van der Waals surface area contributed by atoms with Gasteiger partial charge in [-0.1, -0.05) is 29.8 Å². The van der Waals surface area contributed by atoms with Crippen LogP contribution in [-0.2, 0) is 0 Å². The van der Waals surface area contributed by atoms with Gasteiger partial charge in [0.1, 0.15) is 0 Å². The summed E-state index contributed by atoms with van der Waals surface area (Å²) in [5.41, 5.74) is 8.81. The highest BCUT2D eigenvalue weighted by Crippen LogP contribution is 2.36. The van der Waals surface area contributed by atoms with Crippen molar-refractivity contribution >= 4 is 21.6 Å². The van der Waals surface area contributed by atoms with Gasteiger partial charge >= 0.3 is 0 Å². The van der Waals surface area contributed by atoms with Gasteiger partial charge in [0.2, 0.25) is 0 Å². The molecule has 0 aliphatic carbocycles. The topological polar surface area (TPSA) is 29.3 Å². The van der Waals surface area contributed by atoms with Crippen molar-refractivity contribution in [3.8, 4) is 0 Å². The predicted molar refractivity (Wildman–Crippen MR) is 82.0 cm³/mol. The second kappa shape index (κ2) is 5.22. The lowest BCUT2D eigenvalue weighted by molar-refractivity contribution is 0.182. The maximum atomic E-state index is 5.88. The highest BCUT2D eigenvalue weighted by Gasteiger charge is 2.34. The molecule has 2 nitrogen and oxygen atoms in total. The molecule has 2 N–H and O–H groups in total. The van der Waals surface area contributed by atoms with Crippen LogP contribution in [0.1, 0.15) is 25.8 Å². The van der Waals surface area contributed by atoms with Crippen LogP contribution in [0.5, 0.6) is 0 Å². The van der Waals surface area contributed by atoms with Crippen molar-refractivity contribution in [2.45, 2.75) is 27.2 Å². The Kier molecular flexibility index (Phi) is 4.02. The summed E-state index contributed by atoms with van der Waals surface area (Å²) >= 11 is 3.56. The fraction of sp³-hybridized carbons (Fsp3) is 0.600. The fourth-order valence-electron chi connectivity index (χ4n) is 2.89. The number of rotatable bonds is 2. The highest BCUT2D eigenvalue weighted by molar-refractivity contribution is 9.10. The molecule has 1 aliphatic rings. The highest BCUT2D eigenvalue weighted by atomic mass is 79.9. The third-order valence-corrected chi connectivity index (χ3v) is 5.13. The third-order valence-electron chi connectivity index (χ3n) is 4.24. The van der Waals surface area contributed by atoms with Crippen molar-refractivity contribution in [1.82, 2.24) is 0 Å². The SMILES string of the molecule is Cc1cc(N2CCC(CN)C(C)(C)C2)ccc1Br. The molecule has 1 unspecified atom stereocenters. The van der Waals surface area contributed by atoms with Crippen LogP contribution in [0.3, 0.4) is 0 Å². The molecule has 0 saturated carbocycles. The first-order chi connectivity index (χ1) is 8.44. The van der Waals surface area contributed by atoms with Gasteiger partial charge in [-0.2, -0.15) is 0 Å². The first-order valence-electron chi connectivity index (χ1n) is 6.65. The van der Waals surface area contributed by atoms with E-state index in [0.717, 1.165) is 19.6 Å². The summed E-state index contributed by atoms with van der Waals surface area (Å²) in [6.45, 7) is 9.83. The predicted octanol–water partition coefficient (Wildman–Crippen LogP) is 3.57. The van der Waals surface area contributed by atoms with Crippen molar-refractivity contribution in [3.05, 3.63) is 28.2 Å². The molecule has 0 radical (unpaired) electrons. The molecule has 1 saturated heterocycles. The van der Waals surface area contributed by atoms with Crippen LogP contribution < -0.4 is 10.6 Å². The quantitative estimate of drug-likeness (QED) is 0.905. The summed E-state index contributed by atoms with van der Waals surface area (Å²) in [6, 6.07) is 6.62. The van der Waals surface area contributed by atoms with Gasteiger partial charge in [0.15, 0.2) is 0 Å². The molecule has 1 heterocycles. The molecule has 1 aromatic carbocycles. The van der Waals surface area contributed by atoms with Crippen molar-refractivity contribution in [1.29, 1.82) is 0 Å². The van der Waals surface area contributed by atoms with E-state index < -0.39 is 0 Å². The lowest BCUT2D eigenvalue weighted by atomic mass is 9.74. The molecule has 1 fully saturated rings. The summed E-state index contributed by atoms with van der Waals surface area (Å²) < 4.78 is 1.18. The maximum absolute atomic E-state index is 5.88. The van der Waals surface area contributed by atoms with E-state index in [9.17, 15) is 0 Å². The molecule has 0 amide bonds. The van der Waals surface area contributed by atoms with E-state index in [1.54, 1.807) is 0 Å². The molecule has 0 spiro atoms. The average molecular weight is 311 g/mol. The third kappa shape index (κ3) is 2.72. The summed E-state index contributed by atoms with van der Waals surface area (Å²) in [7, 11) is 0. The Bertz CT molecular complexity index is 429. The van der Waals surface area contributed by atoms with Crippen LogP contribution >= 0.6 is 15.9 Å². The van der Waals surface area contributed by atoms with Gasteiger partial charge in [-0.25, -0.2) is 0 Å².